The zero-order valence-corrected chi connectivity index (χ0v) is 12.4. The molecule has 0 saturated carbocycles. The molecule has 2 nitrogen and oxygen atoms in total. The third kappa shape index (κ3) is 2.68. The van der Waals surface area contributed by atoms with Gasteiger partial charge in [-0.3, -0.25) is 0 Å². The Morgan fingerprint density at radius 2 is 2.33 bits per heavy atom. The molecule has 15 heavy (non-hydrogen) atoms. The Hall–Kier alpha value is 0.260. The van der Waals surface area contributed by atoms with Crippen LogP contribution in [0.4, 0.5) is 5.82 Å². The Balaban J connectivity index is 2.27. The smallest absolute Gasteiger partial charge is 0.143 e. The topological polar surface area (TPSA) is 16.1 Å². The average molecular weight is 352 g/mol. The fraction of sp³-hybridized carbons (Fsp3) is 0.500. The van der Waals surface area contributed by atoms with Crippen LogP contribution in [0.25, 0.3) is 0 Å². The van der Waals surface area contributed by atoms with E-state index in [1.807, 2.05) is 18.0 Å². The maximum atomic E-state index is 4.47. The van der Waals surface area contributed by atoms with Crippen LogP contribution in [0.1, 0.15) is 6.92 Å². The van der Waals surface area contributed by atoms with Crippen molar-refractivity contribution in [1.29, 1.82) is 0 Å². The van der Waals surface area contributed by atoms with Gasteiger partial charge < -0.3 is 4.90 Å². The van der Waals surface area contributed by atoms with Crippen molar-refractivity contribution in [3.8, 4) is 0 Å². The number of nitrogens with zero attached hydrogens (tertiary/aromatic N) is 2. The largest absolute Gasteiger partial charge is 0.351 e. The Labute approximate surface area is 111 Å². The molecule has 5 heteroatoms. The van der Waals surface area contributed by atoms with Gasteiger partial charge in [0.1, 0.15) is 5.82 Å². The number of halogens is 2. The Kier molecular flexibility index (Phi) is 3.96. The van der Waals surface area contributed by atoms with E-state index in [0.29, 0.717) is 6.04 Å². The first-order valence-electron chi connectivity index (χ1n) is 4.84. The minimum atomic E-state index is 0.564. The van der Waals surface area contributed by atoms with Crippen molar-refractivity contribution in [2.75, 3.05) is 23.0 Å². The fourth-order valence-corrected chi connectivity index (χ4v) is 3.89. The highest BCUT2D eigenvalue weighted by molar-refractivity contribution is 9.11. The van der Waals surface area contributed by atoms with Crippen LogP contribution in [0, 0.1) is 0 Å². The summed E-state index contributed by atoms with van der Waals surface area (Å²) in [6.45, 7) is 3.33. The summed E-state index contributed by atoms with van der Waals surface area (Å²) in [6, 6.07) is 2.62. The van der Waals surface area contributed by atoms with Crippen LogP contribution < -0.4 is 4.90 Å². The predicted molar refractivity (Wildman–Crippen MR) is 73.8 cm³/mol. The quantitative estimate of drug-likeness (QED) is 0.769. The van der Waals surface area contributed by atoms with Crippen LogP contribution in [0.2, 0.25) is 0 Å². The highest BCUT2D eigenvalue weighted by Gasteiger charge is 2.21. The molecule has 2 heterocycles. The Bertz CT molecular complexity index is 359. The lowest BCUT2D eigenvalue weighted by Crippen LogP contribution is -2.41. The van der Waals surface area contributed by atoms with E-state index < -0.39 is 0 Å². The predicted octanol–water partition coefficient (Wildman–Crippen LogP) is 3.55. The first-order chi connectivity index (χ1) is 7.18. The number of pyridine rings is 1. The molecule has 1 atom stereocenters. The van der Waals surface area contributed by atoms with Crippen LogP contribution in [-0.2, 0) is 0 Å². The van der Waals surface area contributed by atoms with E-state index in [-0.39, 0.29) is 0 Å². The second-order valence-electron chi connectivity index (χ2n) is 3.58. The van der Waals surface area contributed by atoms with Gasteiger partial charge in [0.15, 0.2) is 0 Å². The molecule has 1 aromatic heterocycles. The SMILES string of the molecule is CC1CSCCN1c1ncc(Br)cc1Br. The van der Waals surface area contributed by atoms with E-state index in [0.717, 1.165) is 21.3 Å². The zero-order chi connectivity index (χ0) is 10.8. The molecular weight excluding hydrogens is 340 g/mol. The van der Waals surface area contributed by atoms with Crippen molar-refractivity contribution < 1.29 is 0 Å². The molecule has 1 unspecified atom stereocenters. The minimum Gasteiger partial charge on any atom is -0.351 e. The molecule has 0 amide bonds. The summed E-state index contributed by atoms with van der Waals surface area (Å²) in [5.74, 6) is 3.43. The monoisotopic (exact) mass is 350 g/mol. The number of anilines is 1. The molecule has 1 aromatic rings. The molecular formula is C10H12Br2N2S. The third-order valence-electron chi connectivity index (χ3n) is 2.43. The van der Waals surface area contributed by atoms with Crippen molar-refractivity contribution in [3.63, 3.8) is 0 Å². The van der Waals surface area contributed by atoms with Crippen LogP contribution in [-0.4, -0.2) is 29.1 Å². The van der Waals surface area contributed by atoms with Gasteiger partial charge in [-0.25, -0.2) is 4.98 Å². The summed E-state index contributed by atoms with van der Waals surface area (Å²) in [6.07, 6.45) is 1.86. The van der Waals surface area contributed by atoms with Crippen LogP contribution in [0.5, 0.6) is 0 Å². The fourth-order valence-electron chi connectivity index (χ4n) is 1.66. The molecule has 1 aliphatic rings. The number of hydrogen-bond acceptors (Lipinski definition) is 3. The average Bonchev–Trinajstić information content (AvgIpc) is 2.20. The lowest BCUT2D eigenvalue weighted by Gasteiger charge is -2.34. The van der Waals surface area contributed by atoms with E-state index in [1.165, 1.54) is 11.5 Å². The molecule has 1 aliphatic heterocycles. The van der Waals surface area contributed by atoms with Crippen LogP contribution >= 0.6 is 43.6 Å². The number of rotatable bonds is 1. The van der Waals surface area contributed by atoms with Crippen molar-refractivity contribution in [2.24, 2.45) is 0 Å². The minimum absolute atomic E-state index is 0.564. The van der Waals surface area contributed by atoms with Crippen molar-refractivity contribution >= 4 is 49.4 Å². The highest BCUT2D eigenvalue weighted by Crippen LogP contribution is 2.30. The summed E-state index contributed by atoms with van der Waals surface area (Å²) >= 11 is 9.01. The van der Waals surface area contributed by atoms with Gasteiger partial charge in [0.05, 0.1) is 4.47 Å². The highest BCUT2D eigenvalue weighted by atomic mass is 79.9. The lowest BCUT2D eigenvalue weighted by atomic mass is 10.3. The summed E-state index contributed by atoms with van der Waals surface area (Å²) in [4.78, 5) is 6.84. The first kappa shape index (κ1) is 11.7. The Morgan fingerprint density at radius 1 is 1.53 bits per heavy atom. The van der Waals surface area contributed by atoms with Gasteiger partial charge in [0.2, 0.25) is 0 Å². The van der Waals surface area contributed by atoms with Crippen molar-refractivity contribution in [2.45, 2.75) is 13.0 Å². The molecule has 0 aromatic carbocycles. The van der Waals surface area contributed by atoms with Gasteiger partial charge in [-0.2, -0.15) is 11.8 Å². The zero-order valence-electron chi connectivity index (χ0n) is 8.41. The molecule has 0 aliphatic carbocycles. The van der Waals surface area contributed by atoms with Crippen molar-refractivity contribution in [1.82, 2.24) is 4.98 Å². The maximum absolute atomic E-state index is 4.47. The summed E-state index contributed by atoms with van der Waals surface area (Å²) in [5, 5.41) is 0. The second-order valence-corrected chi connectivity index (χ2v) is 6.50. The van der Waals surface area contributed by atoms with Gasteiger partial charge in [-0.1, -0.05) is 0 Å². The van der Waals surface area contributed by atoms with E-state index in [9.17, 15) is 0 Å². The third-order valence-corrected chi connectivity index (χ3v) is 4.63. The van der Waals surface area contributed by atoms with Crippen LogP contribution in [0.3, 0.4) is 0 Å². The molecule has 0 bridgehead atoms. The maximum Gasteiger partial charge on any atom is 0.143 e. The van der Waals surface area contributed by atoms with E-state index in [4.69, 9.17) is 0 Å². The summed E-state index contributed by atoms with van der Waals surface area (Å²) < 4.78 is 2.08. The standard InChI is InChI=1S/C10H12Br2N2S/c1-7-6-15-3-2-14(7)10-9(12)4-8(11)5-13-10/h4-5,7H,2-3,6H2,1H3. The molecule has 0 radical (unpaired) electrons. The second kappa shape index (κ2) is 5.06. The van der Waals surface area contributed by atoms with E-state index >= 15 is 0 Å². The first-order valence-corrected chi connectivity index (χ1v) is 7.58. The van der Waals surface area contributed by atoms with Gasteiger partial charge in [0, 0.05) is 34.8 Å². The molecule has 1 fully saturated rings. The number of thioether (sulfide) groups is 1. The van der Waals surface area contributed by atoms with E-state index in [2.05, 4.69) is 54.7 Å². The molecule has 1 saturated heterocycles. The lowest BCUT2D eigenvalue weighted by molar-refractivity contribution is 0.688. The van der Waals surface area contributed by atoms with Crippen LogP contribution in [0.15, 0.2) is 21.2 Å². The van der Waals surface area contributed by atoms with Gasteiger partial charge in [-0.05, 0) is 44.8 Å². The van der Waals surface area contributed by atoms with Crippen molar-refractivity contribution in [3.05, 3.63) is 21.2 Å². The van der Waals surface area contributed by atoms with Gasteiger partial charge in [0.25, 0.3) is 0 Å². The van der Waals surface area contributed by atoms with Gasteiger partial charge >= 0.3 is 0 Å². The summed E-state index contributed by atoms with van der Waals surface area (Å²) in [5.41, 5.74) is 0. The normalized spacial score (nSPS) is 21.8. The number of aromatic nitrogens is 1. The Morgan fingerprint density at radius 3 is 3.00 bits per heavy atom. The molecule has 82 valence electrons. The van der Waals surface area contributed by atoms with Gasteiger partial charge in [-0.15, -0.1) is 0 Å². The molecule has 0 N–H and O–H groups in total. The summed E-state index contributed by atoms with van der Waals surface area (Å²) in [7, 11) is 0. The molecule has 0 spiro atoms. The number of hydrogen-bond donors (Lipinski definition) is 0. The molecule has 2 rings (SSSR count). The van der Waals surface area contributed by atoms with E-state index in [1.54, 1.807) is 0 Å².